The first kappa shape index (κ1) is 20.9. The standard InChI is InChI=1S/C18H38OSi2/c1-8-11-12-17(9-2)15-18(10-3)13-14-21(6,7)16-19-20(4)5/h8-9,11,17-18,20H,2,10,12-16H2,1,3-7H3/b11-8+. The molecule has 0 bridgehead atoms. The molecule has 21 heavy (non-hydrogen) atoms. The molecule has 0 amide bonds. The van der Waals surface area contributed by atoms with Crippen LogP contribution in [0.4, 0.5) is 0 Å². The minimum absolute atomic E-state index is 0.648. The first-order valence-electron chi connectivity index (χ1n) is 8.70. The van der Waals surface area contributed by atoms with E-state index in [1.807, 2.05) is 0 Å². The fourth-order valence-corrected chi connectivity index (χ4v) is 7.05. The Bertz CT molecular complexity index is 298. The van der Waals surface area contributed by atoms with E-state index in [1.165, 1.54) is 25.3 Å². The minimum Gasteiger partial charge on any atom is -0.424 e. The van der Waals surface area contributed by atoms with Crippen molar-refractivity contribution in [2.24, 2.45) is 11.8 Å². The molecule has 0 aliphatic rings. The second-order valence-electron chi connectivity index (χ2n) is 7.37. The quantitative estimate of drug-likeness (QED) is 0.325. The molecular formula is C18H38OSi2. The lowest BCUT2D eigenvalue weighted by Gasteiger charge is -2.27. The van der Waals surface area contributed by atoms with Crippen LogP contribution in [0.3, 0.4) is 0 Å². The predicted octanol–water partition coefficient (Wildman–Crippen LogP) is 5.81. The fraction of sp³-hybridized carbons (Fsp3) is 0.778. The average molecular weight is 327 g/mol. The number of hydrogen-bond donors (Lipinski definition) is 0. The second kappa shape index (κ2) is 11.4. The van der Waals surface area contributed by atoms with Crippen LogP contribution in [0, 0.1) is 11.8 Å². The van der Waals surface area contributed by atoms with Crippen molar-refractivity contribution >= 4 is 17.1 Å². The molecule has 0 aromatic rings. The van der Waals surface area contributed by atoms with Crippen LogP contribution in [0.1, 0.15) is 39.5 Å². The molecule has 2 atom stereocenters. The Balaban J connectivity index is 4.26. The van der Waals surface area contributed by atoms with E-state index in [4.69, 9.17) is 4.43 Å². The van der Waals surface area contributed by atoms with E-state index in [9.17, 15) is 0 Å². The lowest BCUT2D eigenvalue weighted by Crippen LogP contribution is -2.35. The Morgan fingerprint density at radius 2 is 1.95 bits per heavy atom. The summed E-state index contributed by atoms with van der Waals surface area (Å²) >= 11 is 0. The monoisotopic (exact) mass is 326 g/mol. The van der Waals surface area contributed by atoms with Crippen molar-refractivity contribution in [1.82, 2.24) is 0 Å². The van der Waals surface area contributed by atoms with Crippen LogP contribution in [-0.2, 0) is 4.43 Å². The number of allylic oxidation sites excluding steroid dienone is 3. The third-order valence-electron chi connectivity index (χ3n) is 4.26. The van der Waals surface area contributed by atoms with E-state index in [-0.39, 0.29) is 0 Å². The molecule has 0 radical (unpaired) electrons. The summed E-state index contributed by atoms with van der Waals surface area (Å²) in [5.41, 5.74) is 0. The van der Waals surface area contributed by atoms with Crippen LogP contribution in [-0.4, -0.2) is 23.3 Å². The van der Waals surface area contributed by atoms with Crippen molar-refractivity contribution in [1.29, 1.82) is 0 Å². The first-order valence-corrected chi connectivity index (χ1v) is 14.9. The van der Waals surface area contributed by atoms with Gasteiger partial charge in [-0.05, 0) is 44.7 Å². The van der Waals surface area contributed by atoms with Crippen LogP contribution in [0.15, 0.2) is 24.8 Å². The molecule has 0 rings (SSSR count). The van der Waals surface area contributed by atoms with Crippen molar-refractivity contribution in [3.63, 3.8) is 0 Å². The third-order valence-corrected chi connectivity index (χ3v) is 8.02. The molecule has 0 spiro atoms. The lowest BCUT2D eigenvalue weighted by atomic mass is 9.88. The maximum Gasteiger partial charge on any atom is 0.170 e. The van der Waals surface area contributed by atoms with Crippen LogP contribution in [0.2, 0.25) is 32.2 Å². The number of hydrogen-bond acceptors (Lipinski definition) is 1. The van der Waals surface area contributed by atoms with Gasteiger partial charge in [-0.3, -0.25) is 0 Å². The summed E-state index contributed by atoms with van der Waals surface area (Å²) in [5.74, 6) is 1.50. The van der Waals surface area contributed by atoms with Gasteiger partial charge in [-0.15, -0.1) is 6.58 Å². The highest BCUT2D eigenvalue weighted by molar-refractivity contribution is 6.77. The van der Waals surface area contributed by atoms with Gasteiger partial charge in [0.15, 0.2) is 9.04 Å². The topological polar surface area (TPSA) is 9.23 Å². The van der Waals surface area contributed by atoms with Crippen molar-refractivity contribution in [2.45, 2.75) is 71.8 Å². The van der Waals surface area contributed by atoms with Gasteiger partial charge >= 0.3 is 0 Å². The maximum atomic E-state index is 6.00. The van der Waals surface area contributed by atoms with E-state index in [0.29, 0.717) is 5.92 Å². The summed E-state index contributed by atoms with van der Waals surface area (Å²) in [6.07, 6.45) is 12.8. The van der Waals surface area contributed by atoms with Gasteiger partial charge in [0.1, 0.15) is 0 Å². The highest BCUT2D eigenvalue weighted by Gasteiger charge is 2.23. The summed E-state index contributed by atoms with van der Waals surface area (Å²) in [7, 11) is -2.01. The molecule has 0 saturated carbocycles. The van der Waals surface area contributed by atoms with Crippen molar-refractivity contribution < 1.29 is 4.43 Å². The molecule has 3 heteroatoms. The van der Waals surface area contributed by atoms with Crippen LogP contribution in [0.25, 0.3) is 0 Å². The second-order valence-corrected chi connectivity index (χ2v) is 14.9. The highest BCUT2D eigenvalue weighted by atomic mass is 28.3. The molecule has 0 saturated heterocycles. The van der Waals surface area contributed by atoms with Crippen molar-refractivity contribution in [3.05, 3.63) is 24.8 Å². The Morgan fingerprint density at radius 1 is 1.29 bits per heavy atom. The van der Waals surface area contributed by atoms with E-state index in [0.717, 1.165) is 18.6 Å². The van der Waals surface area contributed by atoms with E-state index in [1.54, 1.807) is 0 Å². The smallest absolute Gasteiger partial charge is 0.170 e. The zero-order valence-electron chi connectivity index (χ0n) is 15.3. The Morgan fingerprint density at radius 3 is 2.43 bits per heavy atom. The van der Waals surface area contributed by atoms with E-state index < -0.39 is 17.1 Å². The SMILES string of the molecule is C=CC(C/C=C/C)CC(CC)CC[Si](C)(C)CO[SiH](C)C. The molecule has 0 aromatic heterocycles. The van der Waals surface area contributed by atoms with E-state index >= 15 is 0 Å². The third kappa shape index (κ3) is 11.1. The van der Waals surface area contributed by atoms with Crippen molar-refractivity contribution in [3.8, 4) is 0 Å². The highest BCUT2D eigenvalue weighted by Crippen LogP contribution is 2.27. The van der Waals surface area contributed by atoms with Gasteiger partial charge in [-0.1, -0.05) is 57.1 Å². The molecule has 0 aliphatic heterocycles. The fourth-order valence-electron chi connectivity index (χ4n) is 2.58. The van der Waals surface area contributed by atoms with Gasteiger partial charge < -0.3 is 4.43 Å². The minimum atomic E-state index is -1.16. The maximum absolute atomic E-state index is 6.00. The van der Waals surface area contributed by atoms with Crippen molar-refractivity contribution in [2.75, 3.05) is 6.23 Å². The predicted molar refractivity (Wildman–Crippen MR) is 103 cm³/mol. The Hall–Kier alpha value is -0.126. The molecule has 0 aromatic carbocycles. The molecule has 1 nitrogen and oxygen atoms in total. The molecule has 124 valence electrons. The van der Waals surface area contributed by atoms with Gasteiger partial charge in [0.2, 0.25) is 0 Å². The van der Waals surface area contributed by atoms with Gasteiger partial charge in [-0.25, -0.2) is 0 Å². The summed E-state index contributed by atoms with van der Waals surface area (Å²) in [6, 6.07) is 1.40. The zero-order valence-corrected chi connectivity index (χ0v) is 17.5. The van der Waals surface area contributed by atoms with Gasteiger partial charge in [-0.2, -0.15) is 0 Å². The van der Waals surface area contributed by atoms with Gasteiger partial charge in [0, 0.05) is 6.23 Å². The van der Waals surface area contributed by atoms with Gasteiger partial charge in [0.05, 0.1) is 8.07 Å². The summed E-state index contributed by atoms with van der Waals surface area (Å²) in [5, 5.41) is 0. The van der Waals surface area contributed by atoms with Crippen LogP contribution >= 0.6 is 0 Å². The Labute approximate surface area is 136 Å². The molecule has 0 heterocycles. The first-order chi connectivity index (χ1) is 9.84. The molecule has 0 N–H and O–H groups in total. The average Bonchev–Trinajstić information content (AvgIpc) is 2.44. The normalized spacial score (nSPS) is 15.6. The zero-order chi connectivity index (χ0) is 16.3. The molecule has 2 unspecified atom stereocenters. The molecule has 0 aliphatic carbocycles. The number of rotatable bonds is 12. The van der Waals surface area contributed by atoms with E-state index in [2.05, 4.69) is 64.8 Å². The van der Waals surface area contributed by atoms with Gasteiger partial charge in [0.25, 0.3) is 0 Å². The summed E-state index contributed by atoms with van der Waals surface area (Å²) in [6.45, 7) is 18.0. The summed E-state index contributed by atoms with van der Waals surface area (Å²) in [4.78, 5) is 0. The van der Waals surface area contributed by atoms with Crippen LogP contribution < -0.4 is 0 Å². The lowest BCUT2D eigenvalue weighted by molar-refractivity contribution is 0.377. The Kier molecular flexibility index (Phi) is 11.4. The largest absolute Gasteiger partial charge is 0.424 e. The molecule has 0 fully saturated rings. The van der Waals surface area contributed by atoms with Crippen LogP contribution in [0.5, 0.6) is 0 Å². The molecular weight excluding hydrogens is 288 g/mol. The summed E-state index contributed by atoms with van der Waals surface area (Å²) < 4.78 is 6.00.